The van der Waals surface area contributed by atoms with Crippen LogP contribution in [0.15, 0.2) is 0 Å². The Hall–Kier alpha value is -1.39. The van der Waals surface area contributed by atoms with Crippen LogP contribution >= 0.6 is 0 Å². The Morgan fingerprint density at radius 1 is 1.06 bits per heavy atom. The summed E-state index contributed by atoms with van der Waals surface area (Å²) in [5.74, 6) is -1.30. The zero-order valence-electron chi connectivity index (χ0n) is 10.9. The molecule has 0 heterocycles. The van der Waals surface area contributed by atoms with Gasteiger partial charge in [0.25, 0.3) is 0 Å². The van der Waals surface area contributed by atoms with Crippen molar-refractivity contribution in [2.75, 3.05) is 13.2 Å². The molecule has 1 unspecified atom stereocenters. The Kier molecular flexibility index (Phi) is 6.46. The number of ketones is 1. The van der Waals surface area contributed by atoms with E-state index in [1.54, 1.807) is 13.8 Å². The standard InChI is InChI=1S/C12H20O5/c1-5-16-10(14)7-8-12(4,9(3)13)11(15)17-6-2/h5-8H2,1-4H3. The molecule has 17 heavy (non-hydrogen) atoms. The van der Waals surface area contributed by atoms with Gasteiger partial charge in [-0.05, 0) is 34.1 Å². The Morgan fingerprint density at radius 3 is 2.00 bits per heavy atom. The number of Topliss-reactive ketones (excluding diaryl/α,β-unsaturated/α-hetero) is 1. The number of hydrogen-bond acceptors (Lipinski definition) is 5. The number of rotatable bonds is 7. The number of carbonyl (C=O) groups is 3. The minimum atomic E-state index is -1.26. The van der Waals surface area contributed by atoms with Crippen LogP contribution in [-0.4, -0.2) is 30.9 Å². The van der Waals surface area contributed by atoms with E-state index in [0.717, 1.165) is 0 Å². The van der Waals surface area contributed by atoms with Gasteiger partial charge >= 0.3 is 11.9 Å². The van der Waals surface area contributed by atoms with Gasteiger partial charge in [0.05, 0.1) is 13.2 Å². The zero-order valence-corrected chi connectivity index (χ0v) is 10.9. The van der Waals surface area contributed by atoms with Gasteiger partial charge in [0.2, 0.25) is 0 Å². The minimum absolute atomic E-state index is 0.0305. The first-order chi connectivity index (χ1) is 7.88. The molecular formula is C12H20O5. The van der Waals surface area contributed by atoms with Crippen LogP contribution in [0.5, 0.6) is 0 Å². The van der Waals surface area contributed by atoms with Gasteiger partial charge in [0.15, 0.2) is 0 Å². The molecule has 0 spiro atoms. The fourth-order valence-electron chi connectivity index (χ4n) is 1.30. The van der Waals surface area contributed by atoms with Crippen molar-refractivity contribution >= 4 is 17.7 Å². The SMILES string of the molecule is CCOC(=O)CCC(C)(C(C)=O)C(=O)OCC. The van der Waals surface area contributed by atoms with E-state index >= 15 is 0 Å². The molecule has 0 aliphatic carbocycles. The van der Waals surface area contributed by atoms with Gasteiger partial charge in [-0.15, -0.1) is 0 Å². The van der Waals surface area contributed by atoms with Gasteiger partial charge in [0.1, 0.15) is 11.2 Å². The second-order valence-electron chi connectivity index (χ2n) is 3.91. The third-order valence-corrected chi connectivity index (χ3v) is 2.64. The molecule has 1 atom stereocenters. The maximum Gasteiger partial charge on any atom is 0.319 e. The lowest BCUT2D eigenvalue weighted by Gasteiger charge is -2.23. The van der Waals surface area contributed by atoms with E-state index in [0.29, 0.717) is 0 Å². The van der Waals surface area contributed by atoms with E-state index < -0.39 is 17.4 Å². The van der Waals surface area contributed by atoms with Crippen molar-refractivity contribution in [2.45, 2.75) is 40.5 Å². The topological polar surface area (TPSA) is 69.7 Å². The number of carbonyl (C=O) groups excluding carboxylic acids is 3. The van der Waals surface area contributed by atoms with Crippen molar-refractivity contribution in [1.29, 1.82) is 0 Å². The first kappa shape index (κ1) is 15.6. The molecule has 0 N–H and O–H groups in total. The van der Waals surface area contributed by atoms with Crippen LogP contribution in [0.25, 0.3) is 0 Å². The van der Waals surface area contributed by atoms with E-state index in [2.05, 4.69) is 0 Å². The second-order valence-corrected chi connectivity index (χ2v) is 3.91. The molecule has 0 radical (unpaired) electrons. The predicted octanol–water partition coefficient (Wildman–Crippen LogP) is 1.49. The number of hydrogen-bond donors (Lipinski definition) is 0. The maximum absolute atomic E-state index is 11.7. The van der Waals surface area contributed by atoms with Crippen LogP contribution in [0.4, 0.5) is 0 Å². The van der Waals surface area contributed by atoms with Gasteiger partial charge in [-0.3, -0.25) is 14.4 Å². The van der Waals surface area contributed by atoms with Crippen LogP contribution in [0, 0.1) is 5.41 Å². The minimum Gasteiger partial charge on any atom is -0.466 e. The number of ether oxygens (including phenoxy) is 2. The van der Waals surface area contributed by atoms with Crippen molar-refractivity contribution in [1.82, 2.24) is 0 Å². The third kappa shape index (κ3) is 4.54. The molecule has 0 aromatic heterocycles. The summed E-state index contributed by atoms with van der Waals surface area (Å²) in [6.45, 7) is 6.68. The molecule has 0 amide bonds. The second kappa shape index (κ2) is 7.04. The van der Waals surface area contributed by atoms with Crippen molar-refractivity contribution < 1.29 is 23.9 Å². The van der Waals surface area contributed by atoms with E-state index in [4.69, 9.17) is 9.47 Å². The van der Waals surface area contributed by atoms with E-state index in [-0.39, 0.29) is 31.8 Å². The molecule has 0 fully saturated rings. The van der Waals surface area contributed by atoms with Gasteiger partial charge in [-0.25, -0.2) is 0 Å². The highest BCUT2D eigenvalue weighted by molar-refractivity contribution is 6.02. The van der Waals surface area contributed by atoms with Crippen LogP contribution in [0.1, 0.15) is 40.5 Å². The summed E-state index contributed by atoms with van der Waals surface area (Å²) < 4.78 is 9.60. The lowest BCUT2D eigenvalue weighted by Crippen LogP contribution is -2.37. The smallest absolute Gasteiger partial charge is 0.319 e. The highest BCUT2D eigenvalue weighted by atomic mass is 16.5. The molecule has 0 aromatic carbocycles. The highest BCUT2D eigenvalue weighted by Gasteiger charge is 2.40. The lowest BCUT2D eigenvalue weighted by molar-refractivity contribution is -0.159. The molecule has 0 aromatic rings. The summed E-state index contributed by atoms with van der Waals surface area (Å²) in [5.41, 5.74) is -1.26. The molecule has 0 bridgehead atoms. The van der Waals surface area contributed by atoms with Crippen LogP contribution in [-0.2, 0) is 23.9 Å². The van der Waals surface area contributed by atoms with Crippen LogP contribution < -0.4 is 0 Å². The fourth-order valence-corrected chi connectivity index (χ4v) is 1.30. The largest absolute Gasteiger partial charge is 0.466 e. The van der Waals surface area contributed by atoms with Gasteiger partial charge < -0.3 is 9.47 Å². The molecular weight excluding hydrogens is 224 g/mol. The Labute approximate surface area is 101 Å². The fraction of sp³-hybridized carbons (Fsp3) is 0.750. The summed E-state index contributed by atoms with van der Waals surface area (Å²) in [7, 11) is 0. The Bertz CT molecular complexity index is 297. The first-order valence-corrected chi connectivity index (χ1v) is 5.72. The van der Waals surface area contributed by atoms with Crippen molar-refractivity contribution in [2.24, 2.45) is 5.41 Å². The van der Waals surface area contributed by atoms with E-state index in [1.807, 2.05) is 0 Å². The van der Waals surface area contributed by atoms with Crippen molar-refractivity contribution in [3.05, 3.63) is 0 Å². The zero-order chi connectivity index (χ0) is 13.5. The summed E-state index contributed by atoms with van der Waals surface area (Å²) >= 11 is 0. The molecule has 5 heteroatoms. The van der Waals surface area contributed by atoms with Gasteiger partial charge in [-0.2, -0.15) is 0 Å². The lowest BCUT2D eigenvalue weighted by atomic mass is 9.82. The monoisotopic (exact) mass is 244 g/mol. The molecule has 0 aliphatic rings. The highest BCUT2D eigenvalue weighted by Crippen LogP contribution is 2.26. The first-order valence-electron chi connectivity index (χ1n) is 5.72. The normalized spacial score (nSPS) is 13.6. The Morgan fingerprint density at radius 2 is 1.59 bits per heavy atom. The summed E-state index contributed by atoms with van der Waals surface area (Å²) in [5, 5.41) is 0. The molecule has 0 rings (SSSR count). The predicted molar refractivity (Wildman–Crippen MR) is 61.3 cm³/mol. The average molecular weight is 244 g/mol. The van der Waals surface area contributed by atoms with Crippen LogP contribution in [0.3, 0.4) is 0 Å². The summed E-state index contributed by atoms with van der Waals surface area (Å²) in [6.07, 6.45) is 0.142. The maximum atomic E-state index is 11.7. The summed E-state index contributed by atoms with van der Waals surface area (Å²) in [4.78, 5) is 34.4. The van der Waals surface area contributed by atoms with Gasteiger partial charge in [-0.1, -0.05) is 0 Å². The van der Waals surface area contributed by atoms with Crippen molar-refractivity contribution in [3.8, 4) is 0 Å². The van der Waals surface area contributed by atoms with Crippen LogP contribution in [0.2, 0.25) is 0 Å². The molecule has 0 saturated heterocycles. The average Bonchev–Trinajstić information content (AvgIpc) is 2.26. The molecule has 0 saturated carbocycles. The van der Waals surface area contributed by atoms with E-state index in [1.165, 1.54) is 13.8 Å². The molecule has 98 valence electrons. The molecule has 0 aliphatic heterocycles. The Balaban J connectivity index is 4.57. The summed E-state index contributed by atoms with van der Waals surface area (Å²) in [6, 6.07) is 0. The molecule has 5 nitrogen and oxygen atoms in total. The van der Waals surface area contributed by atoms with Crippen molar-refractivity contribution in [3.63, 3.8) is 0 Å². The van der Waals surface area contributed by atoms with E-state index in [9.17, 15) is 14.4 Å². The van der Waals surface area contributed by atoms with Gasteiger partial charge in [0, 0.05) is 6.42 Å². The quantitative estimate of drug-likeness (QED) is 0.501. The number of esters is 2. The third-order valence-electron chi connectivity index (χ3n) is 2.64.